The molecule has 0 amide bonds. The lowest BCUT2D eigenvalue weighted by Gasteiger charge is -2.28. The van der Waals surface area contributed by atoms with Crippen molar-refractivity contribution in [3.8, 4) is 5.75 Å². The van der Waals surface area contributed by atoms with E-state index < -0.39 is 12.1 Å². The fourth-order valence-electron chi connectivity index (χ4n) is 2.61. The molecule has 0 bridgehead atoms. The molecule has 2 nitrogen and oxygen atoms in total. The summed E-state index contributed by atoms with van der Waals surface area (Å²) in [5.41, 5.74) is 0.787. The van der Waals surface area contributed by atoms with Crippen LogP contribution in [0.3, 0.4) is 0 Å². The third-order valence-electron chi connectivity index (χ3n) is 3.87. The molecule has 1 aromatic heterocycles. The second-order valence-corrected chi connectivity index (χ2v) is 5.65. The van der Waals surface area contributed by atoms with Gasteiger partial charge in [-0.25, -0.2) is 4.98 Å². The average molecular weight is 320 g/mol. The molecule has 1 aromatic rings. The highest BCUT2D eigenvalue weighted by Gasteiger charge is 2.40. The number of hydrogen-bond acceptors (Lipinski definition) is 2. The van der Waals surface area contributed by atoms with Crippen molar-refractivity contribution < 1.29 is 17.9 Å². The Labute approximate surface area is 127 Å². The van der Waals surface area contributed by atoms with Crippen LogP contribution in [0.5, 0.6) is 5.75 Å². The number of halogens is 4. The van der Waals surface area contributed by atoms with Crippen LogP contribution in [-0.4, -0.2) is 18.3 Å². The summed E-state index contributed by atoms with van der Waals surface area (Å²) in [6.07, 6.45) is 2.79. The molecule has 21 heavy (non-hydrogen) atoms. The first-order valence-corrected chi connectivity index (χ1v) is 7.22. The molecule has 2 rings (SSSR count). The normalized spacial score (nSPS) is 23.5. The van der Waals surface area contributed by atoms with E-state index in [1.54, 1.807) is 6.07 Å². The number of hydrogen-bond donors (Lipinski definition) is 0. The molecule has 1 heterocycles. The van der Waals surface area contributed by atoms with E-state index in [-0.39, 0.29) is 18.8 Å². The Bertz CT molecular complexity index is 508. The first kappa shape index (κ1) is 16.1. The molecule has 1 aliphatic carbocycles. The number of ether oxygens (including phenoxy) is 1. The maximum absolute atomic E-state index is 12.6. The molecular weight excluding hydrogens is 303 g/mol. The first-order chi connectivity index (χ1) is 9.90. The van der Waals surface area contributed by atoms with E-state index >= 15 is 0 Å². The summed E-state index contributed by atoms with van der Waals surface area (Å²) in [6, 6.07) is 1.68. The highest BCUT2D eigenvalue weighted by Crippen LogP contribution is 2.40. The van der Waals surface area contributed by atoms with Crippen molar-refractivity contribution in [3.63, 3.8) is 0 Å². The third-order valence-corrected chi connectivity index (χ3v) is 4.07. The van der Waals surface area contributed by atoms with Gasteiger partial charge in [0, 0.05) is 5.56 Å². The zero-order valence-electron chi connectivity index (χ0n) is 11.7. The van der Waals surface area contributed by atoms with E-state index in [9.17, 15) is 13.2 Å². The number of allylic oxidation sites excluding steroid dienone is 1. The highest BCUT2D eigenvalue weighted by molar-refractivity contribution is 6.29. The largest absolute Gasteiger partial charge is 0.495 e. The van der Waals surface area contributed by atoms with Gasteiger partial charge in [-0.1, -0.05) is 23.8 Å². The van der Waals surface area contributed by atoms with E-state index in [1.165, 1.54) is 13.3 Å². The smallest absolute Gasteiger partial charge is 0.391 e. The van der Waals surface area contributed by atoms with Crippen LogP contribution in [0.1, 0.15) is 31.2 Å². The minimum atomic E-state index is -4.06. The van der Waals surface area contributed by atoms with Crippen LogP contribution in [-0.2, 0) is 0 Å². The van der Waals surface area contributed by atoms with Crippen molar-refractivity contribution in [1.29, 1.82) is 0 Å². The maximum Gasteiger partial charge on any atom is 0.391 e. The fraction of sp³-hybridized carbons (Fsp3) is 0.533. The number of methoxy groups -OCH3 is 1. The zero-order chi connectivity index (χ0) is 15.5. The van der Waals surface area contributed by atoms with Crippen molar-refractivity contribution in [2.45, 2.75) is 31.9 Å². The Morgan fingerprint density at radius 3 is 2.52 bits per heavy atom. The topological polar surface area (TPSA) is 22.1 Å². The predicted octanol–water partition coefficient (Wildman–Crippen LogP) is 5.13. The molecule has 116 valence electrons. The molecule has 0 atom stereocenters. The molecule has 1 saturated carbocycles. The van der Waals surface area contributed by atoms with Gasteiger partial charge >= 0.3 is 6.18 Å². The maximum atomic E-state index is 12.6. The standard InChI is InChI=1S/C15H17ClF3NO/c1-21-13-9-20-14(16)8-11(13)5-2-10-3-6-12(7-4-10)15(17,18)19/h2,5,8-10,12H,3-4,6-7H2,1H3/b5-2+/t10-,12-. The molecule has 0 saturated heterocycles. The molecule has 0 unspecified atom stereocenters. The van der Waals surface area contributed by atoms with Gasteiger partial charge in [0.25, 0.3) is 0 Å². The van der Waals surface area contributed by atoms with Gasteiger partial charge in [0.2, 0.25) is 0 Å². The Morgan fingerprint density at radius 2 is 1.95 bits per heavy atom. The second kappa shape index (κ2) is 6.69. The molecule has 0 spiro atoms. The number of pyridine rings is 1. The van der Waals surface area contributed by atoms with E-state index in [0.29, 0.717) is 23.7 Å². The van der Waals surface area contributed by atoms with Crippen molar-refractivity contribution in [2.75, 3.05) is 7.11 Å². The summed E-state index contributed by atoms with van der Waals surface area (Å²) < 4.78 is 43.0. The minimum absolute atomic E-state index is 0.167. The van der Waals surface area contributed by atoms with Crippen LogP contribution in [0.15, 0.2) is 18.3 Å². The lowest BCUT2D eigenvalue weighted by atomic mass is 9.81. The predicted molar refractivity (Wildman–Crippen MR) is 76.3 cm³/mol. The van der Waals surface area contributed by atoms with Crippen molar-refractivity contribution >= 4 is 17.7 Å². The average Bonchev–Trinajstić information content (AvgIpc) is 2.45. The Kier molecular flexibility index (Phi) is 5.14. The molecule has 0 aromatic carbocycles. The van der Waals surface area contributed by atoms with E-state index in [2.05, 4.69) is 4.98 Å². The molecule has 0 aliphatic heterocycles. The SMILES string of the molecule is COc1cnc(Cl)cc1/C=C/[C@H]1CC[C@H](C(F)(F)F)CC1. The summed E-state index contributed by atoms with van der Waals surface area (Å²) in [4.78, 5) is 3.92. The summed E-state index contributed by atoms with van der Waals surface area (Å²) >= 11 is 5.84. The highest BCUT2D eigenvalue weighted by atomic mass is 35.5. The summed E-state index contributed by atoms with van der Waals surface area (Å²) in [7, 11) is 1.54. The number of aromatic nitrogens is 1. The van der Waals surface area contributed by atoms with Gasteiger partial charge in [0.05, 0.1) is 19.2 Å². The lowest BCUT2D eigenvalue weighted by molar-refractivity contribution is -0.183. The zero-order valence-corrected chi connectivity index (χ0v) is 12.4. The fourth-order valence-corrected chi connectivity index (χ4v) is 2.78. The molecular formula is C15H17ClF3NO. The van der Waals surface area contributed by atoms with Gasteiger partial charge in [0.15, 0.2) is 0 Å². The second-order valence-electron chi connectivity index (χ2n) is 5.26. The van der Waals surface area contributed by atoms with Gasteiger partial charge < -0.3 is 4.74 Å². The van der Waals surface area contributed by atoms with Crippen molar-refractivity contribution in [2.24, 2.45) is 11.8 Å². The van der Waals surface area contributed by atoms with Crippen LogP contribution in [0.4, 0.5) is 13.2 Å². The van der Waals surface area contributed by atoms with Gasteiger partial charge in [-0.3, -0.25) is 0 Å². The van der Waals surface area contributed by atoms with Crippen molar-refractivity contribution in [3.05, 3.63) is 29.1 Å². The molecule has 1 fully saturated rings. The van der Waals surface area contributed by atoms with Crippen LogP contribution in [0.2, 0.25) is 5.15 Å². The third kappa shape index (κ3) is 4.37. The number of alkyl halides is 3. The van der Waals surface area contributed by atoms with Crippen LogP contribution >= 0.6 is 11.6 Å². The first-order valence-electron chi connectivity index (χ1n) is 6.84. The lowest BCUT2D eigenvalue weighted by Crippen LogP contribution is -2.27. The van der Waals surface area contributed by atoms with E-state index in [1.807, 2.05) is 12.2 Å². The van der Waals surface area contributed by atoms with Crippen LogP contribution < -0.4 is 4.74 Å². The van der Waals surface area contributed by atoms with Gasteiger partial charge in [-0.2, -0.15) is 13.2 Å². The summed E-state index contributed by atoms with van der Waals surface area (Å²) in [5.74, 6) is -0.382. The monoisotopic (exact) mass is 319 g/mol. The molecule has 6 heteroatoms. The Hall–Kier alpha value is -1.23. The molecule has 0 N–H and O–H groups in total. The van der Waals surface area contributed by atoms with Crippen LogP contribution in [0.25, 0.3) is 6.08 Å². The van der Waals surface area contributed by atoms with Crippen molar-refractivity contribution in [1.82, 2.24) is 4.98 Å². The van der Waals surface area contributed by atoms with Gasteiger partial charge in [0.1, 0.15) is 10.9 Å². The Balaban J connectivity index is 1.99. The molecule has 1 aliphatic rings. The summed E-state index contributed by atoms with van der Waals surface area (Å²) in [5, 5.41) is 0.358. The van der Waals surface area contributed by atoms with Gasteiger partial charge in [-0.15, -0.1) is 0 Å². The minimum Gasteiger partial charge on any atom is -0.495 e. The quantitative estimate of drug-likeness (QED) is 0.721. The van der Waals surface area contributed by atoms with E-state index in [4.69, 9.17) is 16.3 Å². The Morgan fingerprint density at radius 1 is 1.29 bits per heavy atom. The van der Waals surface area contributed by atoms with E-state index in [0.717, 1.165) is 5.56 Å². The summed E-state index contributed by atoms with van der Waals surface area (Å²) in [6.45, 7) is 0. The molecule has 0 radical (unpaired) electrons. The number of nitrogens with zero attached hydrogens (tertiary/aromatic N) is 1. The van der Waals surface area contributed by atoms with Gasteiger partial charge in [-0.05, 0) is 37.7 Å². The number of rotatable bonds is 3. The van der Waals surface area contributed by atoms with Crippen LogP contribution in [0, 0.1) is 11.8 Å².